The molecule has 4 atom stereocenters. The Morgan fingerprint density at radius 2 is 1.18 bits per heavy atom. The van der Waals surface area contributed by atoms with Crippen molar-refractivity contribution in [2.75, 3.05) is 26.4 Å². The number of epoxide rings is 2. The first-order valence-electron chi connectivity index (χ1n) is 5.46. The SMILES string of the molecule is OCC(O)CC1CO1.OCC(O)CC1CO1.[Y]. The van der Waals surface area contributed by atoms with E-state index in [1.54, 1.807) is 0 Å². The van der Waals surface area contributed by atoms with Crippen LogP contribution in [-0.2, 0) is 42.2 Å². The predicted molar refractivity (Wildman–Crippen MR) is 54.9 cm³/mol. The van der Waals surface area contributed by atoms with Crippen molar-refractivity contribution in [3.05, 3.63) is 0 Å². The molecule has 0 aromatic rings. The molecule has 2 aliphatic rings. The molecule has 0 aromatic heterocycles. The van der Waals surface area contributed by atoms with E-state index in [2.05, 4.69) is 0 Å². The normalized spacial score (nSPS) is 28.2. The number of aliphatic hydroxyl groups is 4. The second-order valence-corrected chi connectivity index (χ2v) is 4.05. The van der Waals surface area contributed by atoms with Crippen LogP contribution in [0.5, 0.6) is 0 Å². The zero-order valence-electron chi connectivity index (χ0n) is 9.73. The Hall–Kier alpha value is 0.864. The fourth-order valence-corrected chi connectivity index (χ4v) is 1.16. The minimum absolute atomic E-state index is 0. The summed E-state index contributed by atoms with van der Waals surface area (Å²) in [4.78, 5) is 0. The number of rotatable bonds is 6. The third kappa shape index (κ3) is 10.5. The van der Waals surface area contributed by atoms with Gasteiger partial charge in [-0.2, -0.15) is 0 Å². The van der Waals surface area contributed by atoms with Gasteiger partial charge in [-0.25, -0.2) is 0 Å². The first-order chi connectivity index (χ1) is 7.65. The van der Waals surface area contributed by atoms with Gasteiger partial charge in [-0.05, 0) is 0 Å². The van der Waals surface area contributed by atoms with Crippen LogP contribution in [0.2, 0.25) is 0 Å². The van der Waals surface area contributed by atoms with E-state index in [-0.39, 0.29) is 58.1 Å². The fraction of sp³-hybridized carbons (Fsp3) is 1.00. The number of aliphatic hydroxyl groups excluding tert-OH is 4. The minimum atomic E-state index is -0.581. The van der Waals surface area contributed by atoms with Crippen LogP contribution in [0, 0.1) is 0 Å². The molecule has 0 aromatic carbocycles. The van der Waals surface area contributed by atoms with E-state index in [0.717, 1.165) is 13.2 Å². The van der Waals surface area contributed by atoms with E-state index in [4.69, 9.17) is 29.9 Å². The maximum Gasteiger partial charge on any atom is 0.0835 e. The second kappa shape index (κ2) is 9.75. The summed E-state index contributed by atoms with van der Waals surface area (Å²) >= 11 is 0. The van der Waals surface area contributed by atoms with Crippen LogP contribution >= 0.6 is 0 Å². The van der Waals surface area contributed by atoms with Gasteiger partial charge in [-0.1, -0.05) is 0 Å². The maximum atomic E-state index is 8.74. The van der Waals surface area contributed by atoms with Crippen molar-refractivity contribution in [1.82, 2.24) is 0 Å². The van der Waals surface area contributed by atoms with Crippen LogP contribution in [0.3, 0.4) is 0 Å². The molecule has 0 amide bonds. The van der Waals surface area contributed by atoms with Gasteiger partial charge >= 0.3 is 0 Å². The second-order valence-electron chi connectivity index (χ2n) is 4.05. The molecule has 2 aliphatic heterocycles. The van der Waals surface area contributed by atoms with Gasteiger partial charge in [0.2, 0.25) is 0 Å². The molecule has 17 heavy (non-hydrogen) atoms. The Balaban J connectivity index is 0.000000284. The van der Waals surface area contributed by atoms with Crippen molar-refractivity contribution in [2.24, 2.45) is 0 Å². The molecule has 1 radical (unpaired) electrons. The van der Waals surface area contributed by atoms with Gasteiger partial charge in [-0.3, -0.25) is 0 Å². The van der Waals surface area contributed by atoms with Crippen LogP contribution in [0.1, 0.15) is 12.8 Å². The summed E-state index contributed by atoms with van der Waals surface area (Å²) in [6.07, 6.45) is 0.437. The number of ether oxygens (including phenoxy) is 2. The van der Waals surface area contributed by atoms with Crippen molar-refractivity contribution in [1.29, 1.82) is 0 Å². The molecule has 2 fully saturated rings. The molecule has 4 N–H and O–H groups in total. The molecular formula is C10H20O6Y. The molecule has 0 saturated carbocycles. The smallest absolute Gasteiger partial charge is 0.0835 e. The molecule has 2 heterocycles. The quantitative estimate of drug-likeness (QED) is 0.432. The molecule has 0 bridgehead atoms. The molecule has 0 spiro atoms. The fourth-order valence-electron chi connectivity index (χ4n) is 1.16. The van der Waals surface area contributed by atoms with Crippen LogP contribution in [0.15, 0.2) is 0 Å². The van der Waals surface area contributed by atoms with Gasteiger partial charge in [0.1, 0.15) is 0 Å². The van der Waals surface area contributed by atoms with E-state index in [1.807, 2.05) is 0 Å². The number of hydrogen-bond donors (Lipinski definition) is 4. The molecule has 2 saturated heterocycles. The molecule has 99 valence electrons. The van der Waals surface area contributed by atoms with Gasteiger partial charge in [0.15, 0.2) is 0 Å². The van der Waals surface area contributed by atoms with Gasteiger partial charge in [-0.15, -0.1) is 0 Å². The Morgan fingerprint density at radius 3 is 1.35 bits per heavy atom. The van der Waals surface area contributed by atoms with Gasteiger partial charge in [0.05, 0.1) is 50.8 Å². The van der Waals surface area contributed by atoms with Gasteiger partial charge in [0.25, 0.3) is 0 Å². The van der Waals surface area contributed by atoms with Gasteiger partial charge in [0, 0.05) is 45.6 Å². The summed E-state index contributed by atoms with van der Waals surface area (Å²) in [7, 11) is 0. The summed E-state index contributed by atoms with van der Waals surface area (Å²) < 4.78 is 9.62. The molecule has 7 heteroatoms. The van der Waals surface area contributed by atoms with E-state index >= 15 is 0 Å². The largest absolute Gasteiger partial charge is 0.394 e. The molecule has 6 nitrogen and oxygen atoms in total. The summed E-state index contributed by atoms with van der Waals surface area (Å²) in [5, 5.41) is 34.1. The summed E-state index contributed by atoms with van der Waals surface area (Å²) in [5.41, 5.74) is 0. The zero-order chi connectivity index (χ0) is 12.0. The van der Waals surface area contributed by atoms with E-state index < -0.39 is 12.2 Å². The third-order valence-corrected chi connectivity index (χ3v) is 2.30. The van der Waals surface area contributed by atoms with Crippen LogP contribution < -0.4 is 0 Å². The molecule has 4 unspecified atom stereocenters. The summed E-state index contributed by atoms with van der Waals surface area (Å²) in [6.45, 7) is 1.19. The van der Waals surface area contributed by atoms with Crippen molar-refractivity contribution in [2.45, 2.75) is 37.3 Å². The Bertz CT molecular complexity index is 166. The minimum Gasteiger partial charge on any atom is -0.394 e. The molecular weight excluding hydrogens is 305 g/mol. The van der Waals surface area contributed by atoms with Crippen LogP contribution in [0.4, 0.5) is 0 Å². The summed E-state index contributed by atoms with van der Waals surface area (Å²) in [5.74, 6) is 0. The van der Waals surface area contributed by atoms with E-state index in [0.29, 0.717) is 12.8 Å². The first-order valence-corrected chi connectivity index (χ1v) is 5.46. The zero-order valence-corrected chi connectivity index (χ0v) is 12.6. The van der Waals surface area contributed by atoms with Gasteiger partial charge < -0.3 is 29.9 Å². The van der Waals surface area contributed by atoms with E-state index in [1.165, 1.54) is 0 Å². The van der Waals surface area contributed by atoms with Crippen molar-refractivity contribution in [3.63, 3.8) is 0 Å². The van der Waals surface area contributed by atoms with E-state index in [9.17, 15) is 0 Å². The summed E-state index contributed by atoms with van der Waals surface area (Å²) in [6, 6.07) is 0. The Labute approximate surface area is 126 Å². The average molecular weight is 325 g/mol. The average Bonchev–Trinajstić information content (AvgIpc) is 3.14. The van der Waals surface area contributed by atoms with Crippen molar-refractivity contribution >= 4 is 0 Å². The topological polar surface area (TPSA) is 106 Å². The molecule has 0 aliphatic carbocycles. The van der Waals surface area contributed by atoms with Crippen molar-refractivity contribution < 1.29 is 62.6 Å². The maximum absolute atomic E-state index is 8.74. The Morgan fingerprint density at radius 1 is 0.882 bits per heavy atom. The Kier molecular flexibility index (Phi) is 10.2. The first kappa shape index (κ1) is 17.9. The van der Waals surface area contributed by atoms with Crippen molar-refractivity contribution in [3.8, 4) is 0 Å². The van der Waals surface area contributed by atoms with Crippen LogP contribution in [-0.4, -0.2) is 71.3 Å². The standard InChI is InChI=1S/2C5H10O3.Y/c2*6-2-4(7)1-5-3-8-5;/h2*4-7H,1-3H2;. The third-order valence-electron chi connectivity index (χ3n) is 2.30. The van der Waals surface area contributed by atoms with Crippen LogP contribution in [0.25, 0.3) is 0 Å². The number of hydrogen-bond acceptors (Lipinski definition) is 6. The monoisotopic (exact) mass is 325 g/mol. The predicted octanol–water partition coefficient (Wildman–Crippen LogP) is -1.75. The molecule has 2 rings (SSSR count).